The van der Waals surface area contributed by atoms with Crippen LogP contribution in [0.5, 0.6) is 0 Å². The van der Waals surface area contributed by atoms with Crippen LogP contribution in [0.2, 0.25) is 0 Å². The van der Waals surface area contributed by atoms with Gasteiger partial charge in [0.15, 0.2) is 0 Å². The van der Waals surface area contributed by atoms with Gasteiger partial charge < -0.3 is 14.6 Å². The molecule has 0 aliphatic carbocycles. The molecule has 25 heavy (non-hydrogen) atoms. The summed E-state index contributed by atoms with van der Waals surface area (Å²) in [6.07, 6.45) is 0. The highest BCUT2D eigenvalue weighted by molar-refractivity contribution is 9.10. The molecule has 1 fully saturated rings. The van der Waals surface area contributed by atoms with E-state index in [1.807, 2.05) is 31.3 Å². The molecular weight excluding hydrogens is 410 g/mol. The number of amides is 1. The van der Waals surface area contributed by atoms with Gasteiger partial charge >= 0.3 is 0 Å². The van der Waals surface area contributed by atoms with E-state index in [-0.39, 0.29) is 18.2 Å². The molecule has 1 aliphatic heterocycles. The largest absolute Gasteiger partial charge is 0.379 e. The second-order valence-corrected chi connectivity index (χ2v) is 8.70. The molecule has 0 bridgehead atoms. The summed E-state index contributed by atoms with van der Waals surface area (Å²) in [5, 5.41) is 3.65. The van der Waals surface area contributed by atoms with Crippen molar-refractivity contribution in [2.24, 2.45) is 7.05 Å². The van der Waals surface area contributed by atoms with Gasteiger partial charge in [-0.05, 0) is 22.0 Å². The number of hydrogen-bond acceptors (Lipinski definition) is 4. The van der Waals surface area contributed by atoms with Crippen LogP contribution in [-0.2, 0) is 21.8 Å². The molecule has 1 saturated heterocycles. The first-order valence-corrected chi connectivity index (χ1v) is 10.4. The molecule has 1 aromatic carbocycles. The number of benzene rings is 1. The van der Waals surface area contributed by atoms with Gasteiger partial charge in [0.1, 0.15) is 5.69 Å². The van der Waals surface area contributed by atoms with Gasteiger partial charge in [-0.25, -0.2) is 8.42 Å². The summed E-state index contributed by atoms with van der Waals surface area (Å²) in [6, 6.07) is 7.67. The van der Waals surface area contributed by atoms with Crippen LogP contribution < -0.4 is 5.32 Å². The van der Waals surface area contributed by atoms with Crippen molar-refractivity contribution in [3.05, 3.63) is 34.4 Å². The summed E-state index contributed by atoms with van der Waals surface area (Å²) in [7, 11) is -1.57. The van der Waals surface area contributed by atoms with Crippen molar-refractivity contribution in [2.45, 2.75) is 0 Å². The summed E-state index contributed by atoms with van der Waals surface area (Å²) in [5.74, 6) is -0.428. The van der Waals surface area contributed by atoms with Crippen LogP contribution in [0.1, 0.15) is 10.5 Å². The molecule has 136 valence electrons. The molecule has 2 aromatic rings. The number of nitrogens with one attached hydrogen (secondary N) is 1. The first-order chi connectivity index (χ1) is 11.9. The van der Waals surface area contributed by atoms with Crippen molar-refractivity contribution < 1.29 is 17.9 Å². The lowest BCUT2D eigenvalue weighted by molar-refractivity contribution is 0.0730. The van der Waals surface area contributed by atoms with E-state index in [4.69, 9.17) is 4.74 Å². The molecule has 7 nitrogen and oxygen atoms in total. The Morgan fingerprint density at radius 1 is 1.28 bits per heavy atom. The average molecular weight is 430 g/mol. The molecule has 0 spiro atoms. The fraction of sp³-hybridized carbons (Fsp3) is 0.438. The number of carbonyl (C=O) groups is 1. The summed E-state index contributed by atoms with van der Waals surface area (Å²) in [4.78, 5) is 12.5. The third-order valence-electron chi connectivity index (χ3n) is 4.27. The minimum absolute atomic E-state index is 0.0620. The molecular formula is C16H20BrN3O4S. The van der Waals surface area contributed by atoms with Crippen LogP contribution in [0.25, 0.3) is 10.9 Å². The van der Waals surface area contributed by atoms with Crippen LogP contribution >= 0.6 is 15.9 Å². The fourth-order valence-electron chi connectivity index (χ4n) is 2.93. The van der Waals surface area contributed by atoms with Gasteiger partial charge in [0.05, 0.1) is 23.4 Å². The lowest BCUT2D eigenvalue weighted by Crippen LogP contribution is -2.43. The molecule has 0 unspecified atom stereocenters. The van der Waals surface area contributed by atoms with Gasteiger partial charge in [-0.2, -0.15) is 4.31 Å². The Kier molecular flexibility index (Phi) is 5.47. The van der Waals surface area contributed by atoms with Gasteiger partial charge in [-0.1, -0.05) is 18.2 Å². The van der Waals surface area contributed by atoms with Crippen molar-refractivity contribution in [2.75, 3.05) is 38.6 Å². The highest BCUT2D eigenvalue weighted by Crippen LogP contribution is 2.30. The number of sulfonamides is 1. The van der Waals surface area contributed by atoms with Gasteiger partial charge in [-0.15, -0.1) is 0 Å². The Morgan fingerprint density at radius 3 is 2.64 bits per heavy atom. The third-order valence-corrected chi connectivity index (χ3v) is 6.94. The predicted octanol–water partition coefficient (Wildman–Crippen LogP) is 1.33. The second-order valence-electron chi connectivity index (χ2n) is 5.82. The zero-order chi connectivity index (χ0) is 18.0. The van der Waals surface area contributed by atoms with Crippen molar-refractivity contribution in [3.8, 4) is 0 Å². The second kappa shape index (κ2) is 7.45. The van der Waals surface area contributed by atoms with Gasteiger partial charge in [0.2, 0.25) is 10.0 Å². The van der Waals surface area contributed by atoms with Gasteiger partial charge in [0, 0.05) is 37.6 Å². The molecule has 1 aliphatic rings. The maximum Gasteiger partial charge on any atom is 0.269 e. The molecule has 3 rings (SSSR count). The number of aromatic nitrogens is 1. The van der Waals surface area contributed by atoms with E-state index in [9.17, 15) is 13.2 Å². The number of halogens is 1. The number of hydrogen-bond donors (Lipinski definition) is 1. The summed E-state index contributed by atoms with van der Waals surface area (Å²) in [5.41, 5.74) is 1.41. The number of aryl methyl sites for hydroxylation is 1. The third kappa shape index (κ3) is 3.74. The van der Waals surface area contributed by atoms with E-state index in [1.165, 1.54) is 4.31 Å². The van der Waals surface area contributed by atoms with E-state index in [1.54, 1.807) is 4.57 Å². The minimum Gasteiger partial charge on any atom is -0.379 e. The summed E-state index contributed by atoms with van der Waals surface area (Å²) < 4.78 is 33.6. The highest BCUT2D eigenvalue weighted by Gasteiger charge is 2.25. The van der Waals surface area contributed by atoms with E-state index in [0.717, 1.165) is 10.9 Å². The maximum absolute atomic E-state index is 12.5. The molecule has 1 N–H and O–H groups in total. The fourth-order valence-corrected chi connectivity index (χ4v) is 5.04. The van der Waals surface area contributed by atoms with Gasteiger partial charge in [-0.3, -0.25) is 4.79 Å². The lowest BCUT2D eigenvalue weighted by Gasteiger charge is -2.26. The molecule has 9 heteroatoms. The summed E-state index contributed by atoms with van der Waals surface area (Å²) in [6.45, 7) is 1.62. The number of carbonyl (C=O) groups excluding carboxylic acids is 1. The Labute approximate surface area is 155 Å². The molecule has 2 heterocycles. The lowest BCUT2D eigenvalue weighted by atomic mass is 10.2. The Bertz CT molecular complexity index is 849. The van der Waals surface area contributed by atoms with Crippen LogP contribution in [-0.4, -0.2) is 61.8 Å². The monoisotopic (exact) mass is 429 g/mol. The molecule has 0 radical (unpaired) electrons. The van der Waals surface area contributed by atoms with Gasteiger partial charge in [0.25, 0.3) is 5.91 Å². The normalized spacial score (nSPS) is 16.2. The average Bonchev–Trinajstić information content (AvgIpc) is 2.87. The smallest absolute Gasteiger partial charge is 0.269 e. The molecule has 1 amide bonds. The van der Waals surface area contributed by atoms with E-state index in [0.29, 0.717) is 36.5 Å². The molecule has 0 saturated carbocycles. The topological polar surface area (TPSA) is 80.6 Å². The van der Waals surface area contributed by atoms with Crippen LogP contribution in [0.3, 0.4) is 0 Å². The van der Waals surface area contributed by atoms with E-state index in [2.05, 4.69) is 21.2 Å². The Hall–Kier alpha value is -1.42. The van der Waals surface area contributed by atoms with Crippen molar-refractivity contribution in [1.82, 2.24) is 14.2 Å². The minimum atomic E-state index is -3.39. The SMILES string of the molecule is Cn1c(C(=O)NCCS(=O)(=O)N2CCOCC2)c(Br)c2ccccc21. The van der Waals surface area contributed by atoms with Crippen molar-refractivity contribution in [3.63, 3.8) is 0 Å². The van der Waals surface area contributed by atoms with Crippen molar-refractivity contribution in [1.29, 1.82) is 0 Å². The number of fused-ring (bicyclic) bond motifs is 1. The first kappa shape index (κ1) is 18.4. The van der Waals surface area contributed by atoms with Crippen LogP contribution in [0, 0.1) is 0 Å². The maximum atomic E-state index is 12.5. The van der Waals surface area contributed by atoms with Crippen LogP contribution in [0.15, 0.2) is 28.7 Å². The number of ether oxygens (including phenoxy) is 1. The molecule has 1 aromatic heterocycles. The highest BCUT2D eigenvalue weighted by atomic mass is 79.9. The van der Waals surface area contributed by atoms with E-state index < -0.39 is 10.0 Å². The predicted molar refractivity (Wildman–Crippen MR) is 99.1 cm³/mol. The van der Waals surface area contributed by atoms with E-state index >= 15 is 0 Å². The Morgan fingerprint density at radius 2 is 1.96 bits per heavy atom. The van der Waals surface area contributed by atoms with Crippen LogP contribution in [0.4, 0.5) is 0 Å². The standard InChI is InChI=1S/C16H20BrN3O4S/c1-19-13-5-3-2-4-12(13)14(17)15(19)16(21)18-6-11-25(22,23)20-7-9-24-10-8-20/h2-5H,6-11H2,1H3,(H,18,21). The number of para-hydroxylation sites is 1. The number of nitrogens with zero attached hydrogens (tertiary/aromatic N) is 2. The number of rotatable bonds is 5. The van der Waals surface area contributed by atoms with Crippen molar-refractivity contribution >= 4 is 42.8 Å². The molecule has 0 atom stereocenters. The summed E-state index contributed by atoms with van der Waals surface area (Å²) >= 11 is 3.48. The number of morpholine rings is 1. The zero-order valence-corrected chi connectivity index (χ0v) is 16.3. The first-order valence-electron chi connectivity index (χ1n) is 7.98. The quantitative estimate of drug-likeness (QED) is 0.777. The Balaban J connectivity index is 1.67. The zero-order valence-electron chi connectivity index (χ0n) is 13.9.